The smallest absolute Gasteiger partial charge is 0.0724 e. The van der Waals surface area contributed by atoms with Gasteiger partial charge in [0, 0.05) is 0 Å². The van der Waals surface area contributed by atoms with Crippen LogP contribution in [0.4, 0.5) is 0 Å². The van der Waals surface area contributed by atoms with Crippen LogP contribution in [0.1, 0.15) is 41.5 Å². The summed E-state index contributed by atoms with van der Waals surface area (Å²) in [5.41, 5.74) is 10.4. The molecule has 160 valence electrons. The summed E-state index contributed by atoms with van der Waals surface area (Å²) < 4.78 is 0. The van der Waals surface area contributed by atoms with E-state index in [-0.39, 0.29) is 0 Å². The number of hydrogen-bond acceptors (Lipinski definition) is 0. The molecular formula is C31H36. The van der Waals surface area contributed by atoms with Crippen molar-refractivity contribution in [3.63, 3.8) is 0 Å². The Morgan fingerprint density at radius 1 is 0.548 bits per heavy atom. The zero-order valence-electron chi connectivity index (χ0n) is 20.0. The molecule has 0 N–H and O–H groups in total. The van der Waals surface area contributed by atoms with E-state index < -0.39 is 5.41 Å². The Bertz CT molecular complexity index is 1060. The Hall–Kier alpha value is -3.12. The van der Waals surface area contributed by atoms with Crippen molar-refractivity contribution in [3.05, 3.63) is 143 Å². The second kappa shape index (κ2) is 10.3. The van der Waals surface area contributed by atoms with Crippen LogP contribution >= 0.6 is 0 Å². The molecule has 2 rings (SSSR count). The molecule has 1 unspecified atom stereocenters. The van der Waals surface area contributed by atoms with Crippen LogP contribution in [-0.4, -0.2) is 0 Å². The molecule has 0 saturated carbocycles. The third kappa shape index (κ3) is 3.72. The molecule has 0 aliphatic heterocycles. The van der Waals surface area contributed by atoms with Gasteiger partial charge in [-0.1, -0.05) is 98.2 Å². The molecule has 0 heterocycles. The highest BCUT2D eigenvalue weighted by Gasteiger charge is 2.52. The monoisotopic (exact) mass is 408 g/mol. The van der Waals surface area contributed by atoms with Gasteiger partial charge in [-0.05, 0) is 86.1 Å². The van der Waals surface area contributed by atoms with E-state index in [0.29, 0.717) is 0 Å². The Morgan fingerprint density at radius 3 is 1.35 bits per heavy atom. The van der Waals surface area contributed by atoms with Gasteiger partial charge in [0.05, 0.1) is 5.41 Å². The first-order chi connectivity index (χ1) is 14.9. The molecule has 0 aromatic carbocycles. The van der Waals surface area contributed by atoms with Crippen LogP contribution in [0.15, 0.2) is 143 Å². The molecule has 0 bridgehead atoms. The van der Waals surface area contributed by atoms with Crippen LogP contribution in [0.25, 0.3) is 0 Å². The highest BCUT2D eigenvalue weighted by molar-refractivity contribution is 5.82. The fraction of sp³-hybridized carbons (Fsp3) is 0.226. The van der Waals surface area contributed by atoms with Gasteiger partial charge in [0.1, 0.15) is 0 Å². The van der Waals surface area contributed by atoms with Gasteiger partial charge in [0.25, 0.3) is 0 Å². The van der Waals surface area contributed by atoms with E-state index in [1.54, 1.807) is 0 Å². The first-order valence-electron chi connectivity index (χ1n) is 11.0. The molecule has 0 aromatic rings. The lowest BCUT2D eigenvalue weighted by Gasteiger charge is -2.34. The van der Waals surface area contributed by atoms with E-state index in [2.05, 4.69) is 116 Å². The second-order valence-corrected chi connectivity index (χ2v) is 7.89. The third-order valence-corrected chi connectivity index (χ3v) is 5.74. The Labute approximate surface area is 189 Å². The van der Waals surface area contributed by atoms with Crippen molar-refractivity contribution < 1.29 is 0 Å². The summed E-state index contributed by atoms with van der Waals surface area (Å²) >= 11 is 0. The number of rotatable bonds is 8. The second-order valence-electron chi connectivity index (χ2n) is 7.89. The van der Waals surface area contributed by atoms with Gasteiger partial charge in [-0.15, -0.1) is 0 Å². The van der Waals surface area contributed by atoms with Gasteiger partial charge in [-0.2, -0.15) is 0 Å². The van der Waals surface area contributed by atoms with Crippen molar-refractivity contribution in [2.45, 2.75) is 41.5 Å². The van der Waals surface area contributed by atoms with Crippen molar-refractivity contribution in [1.82, 2.24) is 0 Å². The molecule has 2 aliphatic rings. The summed E-state index contributed by atoms with van der Waals surface area (Å²) in [4.78, 5) is 0. The molecule has 2 aliphatic carbocycles. The van der Waals surface area contributed by atoms with E-state index in [1.165, 1.54) is 44.6 Å². The Kier molecular flexibility index (Phi) is 8.00. The molecule has 0 aromatic heterocycles. The van der Waals surface area contributed by atoms with Crippen molar-refractivity contribution in [3.8, 4) is 0 Å². The van der Waals surface area contributed by atoms with E-state index in [1.807, 2.05) is 18.2 Å². The first kappa shape index (κ1) is 24.2. The fourth-order valence-electron chi connectivity index (χ4n) is 4.90. The number of allylic oxidation sites excluding steroid dienone is 21. The SMILES string of the molecule is C=CC1=C(/C=C\C)C2(C(C=C)=C(C=C(C)C)C(/C=C\C)=C2C=C)C(/C=C\C)=C1/C=C\C. The van der Waals surface area contributed by atoms with Crippen LogP contribution in [0.5, 0.6) is 0 Å². The molecule has 0 saturated heterocycles. The first-order valence-corrected chi connectivity index (χ1v) is 11.0. The average Bonchev–Trinajstić information content (AvgIpc) is 3.13. The molecule has 0 heteroatoms. The lowest BCUT2D eigenvalue weighted by atomic mass is 9.66. The van der Waals surface area contributed by atoms with Gasteiger partial charge in [-0.25, -0.2) is 0 Å². The van der Waals surface area contributed by atoms with Gasteiger partial charge >= 0.3 is 0 Å². The Balaban J connectivity index is 3.31. The topological polar surface area (TPSA) is 0 Å². The molecule has 0 amide bonds. The van der Waals surface area contributed by atoms with Crippen LogP contribution in [0, 0.1) is 5.41 Å². The summed E-state index contributed by atoms with van der Waals surface area (Å²) in [7, 11) is 0. The quantitative estimate of drug-likeness (QED) is 0.376. The average molecular weight is 409 g/mol. The van der Waals surface area contributed by atoms with Crippen LogP contribution in [0.3, 0.4) is 0 Å². The summed E-state index contributed by atoms with van der Waals surface area (Å²) in [5.74, 6) is 0. The lowest BCUT2D eigenvalue weighted by Crippen LogP contribution is -2.25. The maximum atomic E-state index is 4.28. The lowest BCUT2D eigenvalue weighted by molar-refractivity contribution is 0.692. The minimum Gasteiger partial charge on any atom is -0.0987 e. The van der Waals surface area contributed by atoms with Crippen molar-refractivity contribution in [2.24, 2.45) is 5.41 Å². The zero-order chi connectivity index (χ0) is 23.2. The van der Waals surface area contributed by atoms with Crippen molar-refractivity contribution in [1.29, 1.82) is 0 Å². The van der Waals surface area contributed by atoms with Gasteiger partial charge in [0.2, 0.25) is 0 Å². The normalized spacial score (nSPS) is 22.0. The summed E-state index contributed by atoms with van der Waals surface area (Å²) in [5, 5.41) is 0. The zero-order valence-corrected chi connectivity index (χ0v) is 20.0. The summed E-state index contributed by atoms with van der Waals surface area (Å²) in [6.45, 7) is 25.3. The van der Waals surface area contributed by atoms with E-state index in [9.17, 15) is 0 Å². The predicted molar refractivity (Wildman–Crippen MR) is 140 cm³/mol. The minimum atomic E-state index is -0.475. The molecular weight excluding hydrogens is 372 g/mol. The molecule has 1 atom stereocenters. The van der Waals surface area contributed by atoms with Crippen LogP contribution < -0.4 is 0 Å². The van der Waals surface area contributed by atoms with Gasteiger partial charge < -0.3 is 0 Å². The maximum Gasteiger partial charge on any atom is 0.0724 e. The third-order valence-electron chi connectivity index (χ3n) is 5.74. The fourth-order valence-corrected chi connectivity index (χ4v) is 4.90. The minimum absolute atomic E-state index is 0.475. The number of hydrogen-bond donors (Lipinski definition) is 0. The van der Waals surface area contributed by atoms with E-state index in [0.717, 1.165) is 5.57 Å². The van der Waals surface area contributed by atoms with Crippen molar-refractivity contribution in [2.75, 3.05) is 0 Å². The molecule has 31 heavy (non-hydrogen) atoms. The molecule has 1 spiro atoms. The highest BCUT2D eigenvalue weighted by atomic mass is 14.5. The van der Waals surface area contributed by atoms with E-state index >= 15 is 0 Å². The highest BCUT2D eigenvalue weighted by Crippen LogP contribution is 2.63. The molecule has 0 radical (unpaired) electrons. The van der Waals surface area contributed by atoms with Crippen LogP contribution in [-0.2, 0) is 0 Å². The van der Waals surface area contributed by atoms with Crippen molar-refractivity contribution >= 4 is 0 Å². The van der Waals surface area contributed by atoms with E-state index in [4.69, 9.17) is 0 Å². The van der Waals surface area contributed by atoms with Crippen LogP contribution in [0.2, 0.25) is 0 Å². The largest absolute Gasteiger partial charge is 0.0987 e. The maximum absolute atomic E-state index is 4.28. The van der Waals surface area contributed by atoms with Gasteiger partial charge in [0.15, 0.2) is 0 Å². The summed E-state index contributed by atoms with van der Waals surface area (Å²) in [6.07, 6.45) is 25.6. The van der Waals surface area contributed by atoms with Gasteiger partial charge in [-0.3, -0.25) is 0 Å². The summed E-state index contributed by atoms with van der Waals surface area (Å²) in [6, 6.07) is 0. The molecule has 0 fully saturated rings. The molecule has 0 nitrogen and oxygen atoms in total. The Morgan fingerprint density at radius 2 is 0.968 bits per heavy atom. The standard InChI is InChI=1S/C31H36/c1-10-17-24-23(14-5)29(19-12-3)31(30(24)20-13-4)27(15-6)25(18-11-2)26(21-22(8)9)28(31)16-7/h10-21H,5-7H2,1-4,8-9H3/b17-10-,18-11-,19-12-,20-13-. The predicted octanol–water partition coefficient (Wildman–Crippen LogP) is 9.02.